The minimum Gasteiger partial charge on any atom is -0.497 e. The molecule has 2 N–H and O–H groups in total. The molecule has 0 bridgehead atoms. The third-order valence-electron chi connectivity index (χ3n) is 3.03. The number of hydrogen-bond donors (Lipinski definition) is 2. The zero-order valence-corrected chi connectivity index (χ0v) is 12.3. The van der Waals surface area contributed by atoms with Gasteiger partial charge >= 0.3 is 5.69 Å². The van der Waals surface area contributed by atoms with Gasteiger partial charge in [0, 0.05) is 37.1 Å². The van der Waals surface area contributed by atoms with Gasteiger partial charge in [0.25, 0.3) is 11.5 Å². The van der Waals surface area contributed by atoms with Crippen molar-refractivity contribution < 1.29 is 14.3 Å². The number of carbonyl (C=O) groups excluding carboxylic acids is 1. The van der Waals surface area contributed by atoms with Crippen molar-refractivity contribution >= 4 is 11.6 Å². The predicted molar refractivity (Wildman–Crippen MR) is 79.8 cm³/mol. The van der Waals surface area contributed by atoms with E-state index in [1.54, 1.807) is 18.2 Å². The van der Waals surface area contributed by atoms with Gasteiger partial charge in [0.1, 0.15) is 17.1 Å². The lowest BCUT2D eigenvalue weighted by molar-refractivity contribution is 0.102. The zero-order chi connectivity index (χ0) is 16.3. The van der Waals surface area contributed by atoms with Gasteiger partial charge < -0.3 is 19.8 Å². The number of aromatic nitrogens is 2. The highest BCUT2D eigenvalue weighted by Crippen LogP contribution is 2.25. The van der Waals surface area contributed by atoms with Gasteiger partial charge in [-0.15, -0.1) is 0 Å². The second-order valence-corrected chi connectivity index (χ2v) is 4.43. The standard InChI is InChI=1S/C14H15N3O5/c1-17-13(19)11(7-15-14(17)20)12(18)16-8-4-9(21-2)6-10(5-8)22-3/h4-7H,1-3H3,(H,15,20)(H,16,18). The summed E-state index contributed by atoms with van der Waals surface area (Å²) in [6.45, 7) is 0. The molecule has 0 spiro atoms. The van der Waals surface area contributed by atoms with Crippen molar-refractivity contribution in [2.75, 3.05) is 19.5 Å². The SMILES string of the molecule is COc1cc(NC(=O)c2c[nH]c(=O)n(C)c2=O)cc(OC)c1. The third-order valence-corrected chi connectivity index (χ3v) is 3.03. The lowest BCUT2D eigenvalue weighted by Gasteiger charge is -2.10. The second-order valence-electron chi connectivity index (χ2n) is 4.43. The Labute approximate surface area is 125 Å². The molecular formula is C14H15N3O5. The maximum atomic E-state index is 12.2. The monoisotopic (exact) mass is 305 g/mol. The lowest BCUT2D eigenvalue weighted by atomic mass is 10.2. The van der Waals surface area contributed by atoms with E-state index in [4.69, 9.17) is 9.47 Å². The fraction of sp³-hybridized carbons (Fsp3) is 0.214. The first-order valence-electron chi connectivity index (χ1n) is 6.29. The van der Waals surface area contributed by atoms with E-state index in [-0.39, 0.29) is 5.56 Å². The number of carbonyl (C=O) groups is 1. The first kappa shape index (κ1) is 15.4. The lowest BCUT2D eigenvalue weighted by Crippen LogP contribution is -2.37. The Morgan fingerprint density at radius 3 is 2.27 bits per heavy atom. The summed E-state index contributed by atoms with van der Waals surface area (Å²) in [4.78, 5) is 37.7. The molecule has 0 saturated heterocycles. The Bertz CT molecular complexity index is 800. The molecule has 0 aliphatic carbocycles. The van der Waals surface area contributed by atoms with Crippen molar-refractivity contribution in [1.29, 1.82) is 0 Å². The van der Waals surface area contributed by atoms with Gasteiger partial charge in [-0.3, -0.25) is 14.2 Å². The average molecular weight is 305 g/mol. The van der Waals surface area contributed by atoms with Crippen LogP contribution in [0.3, 0.4) is 0 Å². The maximum Gasteiger partial charge on any atom is 0.328 e. The summed E-state index contributed by atoms with van der Waals surface area (Å²) in [6, 6.07) is 4.81. The highest BCUT2D eigenvalue weighted by molar-refractivity contribution is 6.04. The quantitative estimate of drug-likeness (QED) is 0.848. The van der Waals surface area contributed by atoms with Crippen molar-refractivity contribution in [3.63, 3.8) is 0 Å². The van der Waals surface area contributed by atoms with E-state index in [2.05, 4.69) is 10.3 Å². The van der Waals surface area contributed by atoms with E-state index in [0.717, 1.165) is 10.8 Å². The number of ether oxygens (including phenoxy) is 2. The van der Waals surface area contributed by atoms with Gasteiger partial charge in [0.15, 0.2) is 0 Å². The summed E-state index contributed by atoms with van der Waals surface area (Å²) in [5.74, 6) is 0.334. The fourth-order valence-electron chi connectivity index (χ4n) is 1.81. The molecule has 0 saturated carbocycles. The molecule has 2 aromatic rings. The summed E-state index contributed by atoms with van der Waals surface area (Å²) >= 11 is 0. The van der Waals surface area contributed by atoms with Crippen LogP contribution in [0.1, 0.15) is 10.4 Å². The van der Waals surface area contributed by atoms with E-state index in [1.165, 1.54) is 21.3 Å². The molecule has 8 nitrogen and oxygen atoms in total. The maximum absolute atomic E-state index is 12.2. The molecule has 1 aromatic carbocycles. The zero-order valence-electron chi connectivity index (χ0n) is 12.3. The first-order valence-corrected chi connectivity index (χ1v) is 6.29. The number of methoxy groups -OCH3 is 2. The number of hydrogen-bond acceptors (Lipinski definition) is 5. The molecule has 0 radical (unpaired) electrons. The van der Waals surface area contributed by atoms with Crippen LogP contribution in [-0.4, -0.2) is 29.7 Å². The third kappa shape index (κ3) is 3.00. The van der Waals surface area contributed by atoms with Crippen LogP contribution >= 0.6 is 0 Å². The molecule has 22 heavy (non-hydrogen) atoms. The highest BCUT2D eigenvalue weighted by Gasteiger charge is 2.14. The van der Waals surface area contributed by atoms with Crippen LogP contribution < -0.4 is 26.0 Å². The van der Waals surface area contributed by atoms with Crippen LogP contribution in [0.15, 0.2) is 34.0 Å². The molecule has 0 atom stereocenters. The molecule has 1 aromatic heterocycles. The normalized spacial score (nSPS) is 10.1. The van der Waals surface area contributed by atoms with Crippen molar-refractivity contribution in [3.05, 3.63) is 50.8 Å². The number of benzene rings is 1. The van der Waals surface area contributed by atoms with Crippen LogP contribution in [0.4, 0.5) is 5.69 Å². The number of rotatable bonds is 4. The van der Waals surface area contributed by atoms with Gasteiger partial charge in [-0.2, -0.15) is 0 Å². The molecule has 2 rings (SSSR count). The summed E-state index contributed by atoms with van der Waals surface area (Å²) < 4.78 is 11.0. The average Bonchev–Trinajstić information content (AvgIpc) is 2.52. The largest absolute Gasteiger partial charge is 0.497 e. The smallest absolute Gasteiger partial charge is 0.328 e. The number of nitrogens with zero attached hydrogens (tertiary/aromatic N) is 1. The Hall–Kier alpha value is -3.03. The van der Waals surface area contributed by atoms with E-state index < -0.39 is 17.2 Å². The van der Waals surface area contributed by atoms with Crippen molar-refractivity contribution in [2.45, 2.75) is 0 Å². The van der Waals surface area contributed by atoms with E-state index >= 15 is 0 Å². The predicted octanol–water partition coefficient (Wildman–Crippen LogP) is 0.343. The van der Waals surface area contributed by atoms with Gasteiger partial charge in [-0.05, 0) is 0 Å². The first-order chi connectivity index (χ1) is 10.5. The van der Waals surface area contributed by atoms with Crippen molar-refractivity contribution in [3.8, 4) is 11.5 Å². The molecule has 0 fully saturated rings. The molecule has 8 heteroatoms. The minimum atomic E-state index is -0.684. The van der Waals surface area contributed by atoms with Gasteiger partial charge in [0.2, 0.25) is 0 Å². The van der Waals surface area contributed by atoms with Crippen molar-refractivity contribution in [2.24, 2.45) is 7.05 Å². The highest BCUT2D eigenvalue weighted by atomic mass is 16.5. The molecule has 0 aliphatic heterocycles. The number of anilines is 1. The van der Waals surface area contributed by atoms with Crippen LogP contribution in [0.5, 0.6) is 11.5 Å². The Morgan fingerprint density at radius 1 is 1.14 bits per heavy atom. The summed E-state index contributed by atoms with van der Waals surface area (Å²) in [7, 11) is 4.25. The van der Waals surface area contributed by atoms with Crippen LogP contribution in [-0.2, 0) is 7.05 Å². The Balaban J connectivity index is 2.35. The Morgan fingerprint density at radius 2 is 1.73 bits per heavy atom. The van der Waals surface area contributed by atoms with E-state index in [9.17, 15) is 14.4 Å². The Kier molecular flexibility index (Phi) is 4.31. The van der Waals surface area contributed by atoms with Crippen molar-refractivity contribution in [1.82, 2.24) is 9.55 Å². The number of amides is 1. The van der Waals surface area contributed by atoms with Gasteiger partial charge in [0.05, 0.1) is 14.2 Å². The number of aromatic amines is 1. The van der Waals surface area contributed by atoms with Gasteiger partial charge in [-0.1, -0.05) is 0 Å². The molecule has 1 amide bonds. The molecule has 0 aliphatic rings. The fourth-order valence-corrected chi connectivity index (χ4v) is 1.81. The van der Waals surface area contributed by atoms with Crippen LogP contribution in [0, 0.1) is 0 Å². The summed E-state index contributed by atoms with van der Waals surface area (Å²) in [5.41, 5.74) is -1.06. The summed E-state index contributed by atoms with van der Waals surface area (Å²) in [5, 5.41) is 2.56. The topological polar surface area (TPSA) is 102 Å². The van der Waals surface area contributed by atoms with Gasteiger partial charge in [-0.25, -0.2) is 4.79 Å². The molecule has 116 valence electrons. The number of H-pyrrole nitrogens is 1. The molecule has 1 heterocycles. The van der Waals surface area contributed by atoms with E-state index in [1.807, 2.05) is 0 Å². The summed E-state index contributed by atoms with van der Waals surface area (Å²) in [6.07, 6.45) is 1.08. The second kappa shape index (κ2) is 6.17. The molecular weight excluding hydrogens is 290 g/mol. The van der Waals surface area contributed by atoms with E-state index in [0.29, 0.717) is 17.2 Å². The van der Waals surface area contributed by atoms with Crippen LogP contribution in [0.25, 0.3) is 0 Å². The molecule has 0 unspecified atom stereocenters. The van der Waals surface area contributed by atoms with Crippen LogP contribution in [0.2, 0.25) is 0 Å². The minimum absolute atomic E-state index is 0.177. The number of nitrogens with one attached hydrogen (secondary N) is 2.